The van der Waals surface area contributed by atoms with E-state index in [2.05, 4.69) is 54.0 Å². The van der Waals surface area contributed by atoms with Crippen LogP contribution in [0.4, 0.5) is 0 Å². The summed E-state index contributed by atoms with van der Waals surface area (Å²) >= 11 is 3.78. The van der Waals surface area contributed by atoms with Gasteiger partial charge in [0.25, 0.3) is 0 Å². The molecule has 0 aliphatic heterocycles. The van der Waals surface area contributed by atoms with Crippen LogP contribution >= 0.6 is 15.9 Å². The maximum absolute atomic E-state index is 5.42. The molecule has 0 saturated carbocycles. The highest BCUT2D eigenvalue weighted by Crippen LogP contribution is 2.33. The Morgan fingerprint density at radius 3 is 2.47 bits per heavy atom. The summed E-state index contributed by atoms with van der Waals surface area (Å²) in [6.45, 7) is 4.30. The predicted octanol–water partition coefficient (Wildman–Crippen LogP) is 4.99. The SMILES string of the molecule is COc1ccccc1C(Br)Cc1ccc(C)c(C)c1. The number of rotatable bonds is 4. The normalized spacial score (nSPS) is 12.2. The molecule has 0 spiro atoms. The van der Waals surface area contributed by atoms with Gasteiger partial charge in [0.15, 0.2) is 0 Å². The number of halogens is 1. The molecule has 0 amide bonds. The Bertz CT molecular complexity index is 563. The van der Waals surface area contributed by atoms with Gasteiger partial charge in [-0.25, -0.2) is 0 Å². The first-order valence-corrected chi connectivity index (χ1v) is 7.36. The molecular weight excluding hydrogens is 300 g/mol. The average Bonchev–Trinajstić information content (AvgIpc) is 2.43. The van der Waals surface area contributed by atoms with Crippen LogP contribution in [0.2, 0.25) is 0 Å². The van der Waals surface area contributed by atoms with Crippen LogP contribution in [0.1, 0.15) is 27.1 Å². The summed E-state index contributed by atoms with van der Waals surface area (Å²) in [4.78, 5) is 0.269. The molecule has 0 heterocycles. The van der Waals surface area contributed by atoms with Crippen molar-refractivity contribution in [2.75, 3.05) is 7.11 Å². The minimum absolute atomic E-state index is 0.269. The van der Waals surface area contributed by atoms with Crippen molar-refractivity contribution >= 4 is 15.9 Å². The summed E-state index contributed by atoms with van der Waals surface area (Å²) in [5.41, 5.74) is 5.23. The van der Waals surface area contributed by atoms with Gasteiger partial charge in [-0.2, -0.15) is 0 Å². The second kappa shape index (κ2) is 6.25. The molecule has 0 fully saturated rings. The van der Waals surface area contributed by atoms with E-state index in [4.69, 9.17) is 4.74 Å². The zero-order valence-corrected chi connectivity index (χ0v) is 13.2. The van der Waals surface area contributed by atoms with E-state index in [0.29, 0.717) is 0 Å². The maximum Gasteiger partial charge on any atom is 0.123 e. The fourth-order valence-electron chi connectivity index (χ4n) is 2.17. The number of benzene rings is 2. The molecule has 0 saturated heterocycles. The first kappa shape index (κ1) is 14.1. The first-order chi connectivity index (χ1) is 9.11. The second-order valence-corrected chi connectivity index (χ2v) is 5.94. The molecule has 2 heteroatoms. The van der Waals surface area contributed by atoms with Crippen LogP contribution in [-0.4, -0.2) is 7.11 Å². The van der Waals surface area contributed by atoms with Crippen molar-refractivity contribution in [1.29, 1.82) is 0 Å². The number of para-hydroxylation sites is 1. The van der Waals surface area contributed by atoms with Crippen LogP contribution in [0.5, 0.6) is 5.75 Å². The number of hydrogen-bond donors (Lipinski definition) is 0. The van der Waals surface area contributed by atoms with Gasteiger partial charge in [0.05, 0.1) is 7.11 Å². The van der Waals surface area contributed by atoms with Gasteiger partial charge >= 0.3 is 0 Å². The molecule has 2 aromatic carbocycles. The van der Waals surface area contributed by atoms with Gasteiger partial charge in [-0.1, -0.05) is 52.3 Å². The molecule has 1 nitrogen and oxygen atoms in total. The van der Waals surface area contributed by atoms with Crippen LogP contribution in [0.15, 0.2) is 42.5 Å². The Morgan fingerprint density at radius 1 is 1.05 bits per heavy atom. The molecule has 2 rings (SSSR count). The van der Waals surface area contributed by atoms with E-state index in [9.17, 15) is 0 Å². The van der Waals surface area contributed by atoms with E-state index in [1.54, 1.807) is 7.11 Å². The van der Waals surface area contributed by atoms with E-state index < -0.39 is 0 Å². The highest BCUT2D eigenvalue weighted by Gasteiger charge is 2.13. The predicted molar refractivity (Wildman–Crippen MR) is 84.3 cm³/mol. The Kier molecular flexibility index (Phi) is 4.65. The summed E-state index contributed by atoms with van der Waals surface area (Å²) in [6.07, 6.45) is 0.960. The monoisotopic (exact) mass is 318 g/mol. The molecule has 0 aliphatic rings. The minimum Gasteiger partial charge on any atom is -0.496 e. The number of ether oxygens (including phenoxy) is 1. The van der Waals surface area contributed by atoms with E-state index in [1.807, 2.05) is 18.2 Å². The number of aryl methyl sites for hydroxylation is 2. The smallest absolute Gasteiger partial charge is 0.123 e. The number of alkyl halides is 1. The standard InChI is InChI=1S/C17H19BrO/c1-12-8-9-14(10-13(12)2)11-16(18)15-6-4-5-7-17(15)19-3/h4-10,16H,11H2,1-3H3. The van der Waals surface area contributed by atoms with E-state index in [0.717, 1.165) is 12.2 Å². The molecule has 0 radical (unpaired) electrons. The van der Waals surface area contributed by atoms with Crippen molar-refractivity contribution in [3.8, 4) is 5.75 Å². The van der Waals surface area contributed by atoms with Crippen molar-refractivity contribution in [2.24, 2.45) is 0 Å². The third kappa shape index (κ3) is 3.38. The minimum atomic E-state index is 0.269. The van der Waals surface area contributed by atoms with Gasteiger partial charge in [0.2, 0.25) is 0 Å². The van der Waals surface area contributed by atoms with E-state index in [1.165, 1.54) is 22.3 Å². The Hall–Kier alpha value is -1.28. The Balaban J connectivity index is 2.20. The van der Waals surface area contributed by atoms with Crippen LogP contribution in [-0.2, 0) is 6.42 Å². The van der Waals surface area contributed by atoms with Crippen molar-refractivity contribution in [3.63, 3.8) is 0 Å². The molecule has 0 aromatic heterocycles. The molecule has 0 bridgehead atoms. The zero-order chi connectivity index (χ0) is 13.8. The van der Waals surface area contributed by atoms with Crippen LogP contribution in [0, 0.1) is 13.8 Å². The molecule has 1 atom stereocenters. The highest BCUT2D eigenvalue weighted by molar-refractivity contribution is 9.09. The highest BCUT2D eigenvalue weighted by atomic mass is 79.9. The molecular formula is C17H19BrO. The largest absolute Gasteiger partial charge is 0.496 e. The quantitative estimate of drug-likeness (QED) is 0.721. The molecule has 2 aromatic rings. The molecule has 1 unspecified atom stereocenters. The van der Waals surface area contributed by atoms with Crippen molar-refractivity contribution in [3.05, 3.63) is 64.7 Å². The molecule has 100 valence electrons. The third-order valence-corrected chi connectivity index (χ3v) is 4.28. The lowest BCUT2D eigenvalue weighted by molar-refractivity contribution is 0.409. The van der Waals surface area contributed by atoms with Gasteiger partial charge in [-0.15, -0.1) is 0 Å². The second-order valence-electron chi connectivity index (χ2n) is 4.83. The van der Waals surface area contributed by atoms with Gasteiger partial charge in [-0.05, 0) is 43.0 Å². The fraction of sp³-hybridized carbons (Fsp3) is 0.294. The number of methoxy groups -OCH3 is 1. The Morgan fingerprint density at radius 2 is 1.79 bits per heavy atom. The topological polar surface area (TPSA) is 9.23 Å². The summed E-state index contributed by atoms with van der Waals surface area (Å²) in [5.74, 6) is 0.938. The summed E-state index contributed by atoms with van der Waals surface area (Å²) in [7, 11) is 1.72. The summed E-state index contributed by atoms with van der Waals surface area (Å²) in [5, 5.41) is 0. The maximum atomic E-state index is 5.42. The summed E-state index contributed by atoms with van der Waals surface area (Å²) < 4.78 is 5.42. The first-order valence-electron chi connectivity index (χ1n) is 6.45. The van der Waals surface area contributed by atoms with Crippen molar-refractivity contribution in [2.45, 2.75) is 25.1 Å². The summed E-state index contributed by atoms with van der Waals surface area (Å²) in [6, 6.07) is 14.8. The van der Waals surface area contributed by atoms with Crippen molar-refractivity contribution < 1.29 is 4.74 Å². The third-order valence-electron chi connectivity index (χ3n) is 3.46. The number of hydrogen-bond acceptors (Lipinski definition) is 1. The van der Waals surface area contributed by atoms with Crippen LogP contribution in [0.25, 0.3) is 0 Å². The van der Waals surface area contributed by atoms with Crippen LogP contribution < -0.4 is 4.74 Å². The average molecular weight is 319 g/mol. The van der Waals surface area contributed by atoms with E-state index in [-0.39, 0.29) is 4.83 Å². The van der Waals surface area contributed by atoms with Gasteiger partial charge in [0.1, 0.15) is 5.75 Å². The zero-order valence-electron chi connectivity index (χ0n) is 11.6. The lowest BCUT2D eigenvalue weighted by atomic mass is 10.00. The molecule has 19 heavy (non-hydrogen) atoms. The lowest BCUT2D eigenvalue weighted by Crippen LogP contribution is -1.99. The van der Waals surface area contributed by atoms with Gasteiger partial charge in [0, 0.05) is 10.4 Å². The Labute approximate surface area is 123 Å². The van der Waals surface area contributed by atoms with Crippen LogP contribution in [0.3, 0.4) is 0 Å². The van der Waals surface area contributed by atoms with Gasteiger partial charge < -0.3 is 4.74 Å². The van der Waals surface area contributed by atoms with Gasteiger partial charge in [-0.3, -0.25) is 0 Å². The lowest BCUT2D eigenvalue weighted by Gasteiger charge is -2.15. The molecule has 0 N–H and O–H groups in total. The van der Waals surface area contributed by atoms with E-state index >= 15 is 0 Å². The molecule has 0 aliphatic carbocycles. The fourth-order valence-corrected chi connectivity index (χ4v) is 2.92. The van der Waals surface area contributed by atoms with Crippen molar-refractivity contribution in [1.82, 2.24) is 0 Å².